The first-order valence-electron chi connectivity index (χ1n) is 5.10. The summed E-state index contributed by atoms with van der Waals surface area (Å²) in [6, 6.07) is 0.119. The van der Waals surface area contributed by atoms with Gasteiger partial charge in [-0.25, -0.2) is 13.1 Å². The zero-order valence-electron chi connectivity index (χ0n) is 8.86. The summed E-state index contributed by atoms with van der Waals surface area (Å²) >= 11 is 0. The van der Waals surface area contributed by atoms with Gasteiger partial charge >= 0.3 is 5.97 Å². The van der Waals surface area contributed by atoms with Crippen molar-refractivity contribution in [1.82, 2.24) is 4.72 Å². The Morgan fingerprint density at radius 3 is 2.60 bits per heavy atom. The van der Waals surface area contributed by atoms with Crippen LogP contribution in [0, 0.1) is 0 Å². The van der Waals surface area contributed by atoms with Crippen LogP contribution in [0.1, 0.15) is 32.1 Å². The Hall–Kier alpha value is -0.620. The Kier molecular flexibility index (Phi) is 4.53. The standard InChI is InChI=1S/C9H17NO4S/c1-14-9(11)6-3-7-15(12,13)10-8-4-2-5-8/h8,10H,2-7H2,1H3. The molecule has 1 N–H and O–H groups in total. The van der Waals surface area contributed by atoms with E-state index in [2.05, 4.69) is 9.46 Å². The fourth-order valence-electron chi connectivity index (χ4n) is 1.35. The Labute approximate surface area is 90.2 Å². The van der Waals surface area contributed by atoms with Crippen LogP contribution in [-0.4, -0.2) is 33.3 Å². The second-order valence-corrected chi connectivity index (χ2v) is 5.62. The molecule has 0 aliphatic heterocycles. The van der Waals surface area contributed by atoms with Gasteiger partial charge in [0.25, 0.3) is 0 Å². The SMILES string of the molecule is COC(=O)CCCS(=O)(=O)NC1CCC1. The smallest absolute Gasteiger partial charge is 0.305 e. The molecular weight excluding hydrogens is 218 g/mol. The molecule has 1 fully saturated rings. The largest absolute Gasteiger partial charge is 0.469 e. The van der Waals surface area contributed by atoms with Crippen molar-refractivity contribution in [3.05, 3.63) is 0 Å². The molecule has 0 unspecified atom stereocenters. The molecule has 0 aromatic heterocycles. The lowest BCUT2D eigenvalue weighted by molar-refractivity contribution is -0.140. The summed E-state index contributed by atoms with van der Waals surface area (Å²) in [7, 11) is -1.91. The van der Waals surface area contributed by atoms with Crippen LogP contribution in [0.15, 0.2) is 0 Å². The molecule has 1 aliphatic carbocycles. The molecule has 0 saturated heterocycles. The summed E-state index contributed by atoms with van der Waals surface area (Å²) in [5, 5.41) is 0. The van der Waals surface area contributed by atoms with Crippen molar-refractivity contribution in [2.24, 2.45) is 0 Å². The highest BCUT2D eigenvalue weighted by Crippen LogP contribution is 2.19. The number of sulfonamides is 1. The summed E-state index contributed by atoms with van der Waals surface area (Å²) in [5.41, 5.74) is 0. The maximum absolute atomic E-state index is 11.4. The van der Waals surface area contributed by atoms with Gasteiger partial charge in [-0.05, 0) is 19.3 Å². The van der Waals surface area contributed by atoms with E-state index in [4.69, 9.17) is 0 Å². The highest BCUT2D eigenvalue weighted by atomic mass is 32.2. The Morgan fingerprint density at radius 2 is 2.13 bits per heavy atom. The van der Waals surface area contributed by atoms with E-state index in [-0.39, 0.29) is 24.2 Å². The molecular formula is C9H17NO4S. The van der Waals surface area contributed by atoms with Crippen LogP contribution >= 0.6 is 0 Å². The normalized spacial score (nSPS) is 17.1. The van der Waals surface area contributed by atoms with Gasteiger partial charge in [-0.15, -0.1) is 0 Å². The predicted molar refractivity (Wildman–Crippen MR) is 55.8 cm³/mol. The molecule has 0 radical (unpaired) electrons. The highest BCUT2D eigenvalue weighted by molar-refractivity contribution is 7.89. The minimum atomic E-state index is -3.20. The molecule has 15 heavy (non-hydrogen) atoms. The van der Waals surface area contributed by atoms with E-state index in [1.807, 2.05) is 0 Å². The van der Waals surface area contributed by atoms with Gasteiger partial charge in [-0.3, -0.25) is 4.79 Å². The lowest BCUT2D eigenvalue weighted by atomic mass is 9.94. The number of rotatable bonds is 6. The van der Waals surface area contributed by atoms with Gasteiger partial charge in [-0.2, -0.15) is 0 Å². The third-order valence-electron chi connectivity index (χ3n) is 2.47. The van der Waals surface area contributed by atoms with Crippen molar-refractivity contribution in [3.63, 3.8) is 0 Å². The van der Waals surface area contributed by atoms with E-state index in [0.717, 1.165) is 19.3 Å². The molecule has 1 aliphatic rings. The van der Waals surface area contributed by atoms with E-state index in [9.17, 15) is 13.2 Å². The zero-order chi connectivity index (χ0) is 11.3. The molecule has 88 valence electrons. The summed E-state index contributed by atoms with van der Waals surface area (Å²) in [6.45, 7) is 0. The zero-order valence-corrected chi connectivity index (χ0v) is 9.68. The molecule has 0 amide bonds. The number of hydrogen-bond acceptors (Lipinski definition) is 4. The molecule has 0 atom stereocenters. The second kappa shape index (κ2) is 5.46. The van der Waals surface area contributed by atoms with Crippen molar-refractivity contribution >= 4 is 16.0 Å². The number of hydrogen-bond donors (Lipinski definition) is 1. The fourth-order valence-corrected chi connectivity index (χ4v) is 2.73. The molecule has 0 aromatic carbocycles. The van der Waals surface area contributed by atoms with Gasteiger partial charge < -0.3 is 4.74 Å². The van der Waals surface area contributed by atoms with E-state index in [1.165, 1.54) is 7.11 Å². The third-order valence-corrected chi connectivity index (χ3v) is 3.99. The van der Waals surface area contributed by atoms with E-state index < -0.39 is 10.0 Å². The number of nitrogens with one attached hydrogen (secondary N) is 1. The average Bonchev–Trinajstić information content (AvgIpc) is 2.11. The van der Waals surface area contributed by atoms with Crippen LogP contribution in [-0.2, 0) is 19.6 Å². The molecule has 0 heterocycles. The summed E-state index contributed by atoms with van der Waals surface area (Å²) < 4.78 is 29.9. The van der Waals surface area contributed by atoms with E-state index >= 15 is 0 Å². The number of carbonyl (C=O) groups is 1. The Bertz CT molecular complexity index is 308. The third kappa shape index (κ3) is 4.61. The Morgan fingerprint density at radius 1 is 1.47 bits per heavy atom. The molecule has 0 aromatic rings. The van der Waals surface area contributed by atoms with Gasteiger partial charge in [0.1, 0.15) is 0 Å². The van der Waals surface area contributed by atoms with Crippen molar-refractivity contribution < 1.29 is 17.9 Å². The molecule has 0 bridgehead atoms. The first-order valence-corrected chi connectivity index (χ1v) is 6.75. The highest BCUT2D eigenvalue weighted by Gasteiger charge is 2.23. The summed E-state index contributed by atoms with van der Waals surface area (Å²) in [5.74, 6) is -0.368. The second-order valence-electron chi connectivity index (χ2n) is 3.74. The quantitative estimate of drug-likeness (QED) is 0.677. The monoisotopic (exact) mass is 235 g/mol. The topological polar surface area (TPSA) is 72.5 Å². The molecule has 0 spiro atoms. The van der Waals surface area contributed by atoms with Gasteiger partial charge in [0.15, 0.2) is 0 Å². The van der Waals surface area contributed by atoms with Crippen molar-refractivity contribution in [2.45, 2.75) is 38.1 Å². The minimum absolute atomic E-state index is 0.00139. The maximum Gasteiger partial charge on any atom is 0.305 e. The van der Waals surface area contributed by atoms with Crippen molar-refractivity contribution in [1.29, 1.82) is 0 Å². The fraction of sp³-hybridized carbons (Fsp3) is 0.889. The minimum Gasteiger partial charge on any atom is -0.469 e. The van der Waals surface area contributed by atoms with Gasteiger partial charge in [0.2, 0.25) is 10.0 Å². The molecule has 5 nitrogen and oxygen atoms in total. The van der Waals surface area contributed by atoms with Crippen LogP contribution in [0.2, 0.25) is 0 Å². The van der Waals surface area contributed by atoms with Gasteiger partial charge in [0.05, 0.1) is 12.9 Å². The first-order chi connectivity index (χ1) is 7.03. The first kappa shape index (κ1) is 12.4. The number of esters is 1. The average molecular weight is 235 g/mol. The van der Waals surface area contributed by atoms with Gasteiger partial charge in [-0.1, -0.05) is 6.42 Å². The number of ether oxygens (including phenoxy) is 1. The summed E-state index contributed by atoms with van der Waals surface area (Å²) in [6.07, 6.45) is 3.42. The lowest BCUT2D eigenvalue weighted by Gasteiger charge is -2.25. The lowest BCUT2D eigenvalue weighted by Crippen LogP contribution is -2.40. The number of methoxy groups -OCH3 is 1. The predicted octanol–water partition coefficient (Wildman–Crippen LogP) is 0.411. The van der Waals surface area contributed by atoms with E-state index in [0.29, 0.717) is 6.42 Å². The van der Waals surface area contributed by atoms with Crippen LogP contribution in [0.25, 0.3) is 0 Å². The van der Waals surface area contributed by atoms with Crippen molar-refractivity contribution in [3.8, 4) is 0 Å². The maximum atomic E-state index is 11.4. The summed E-state index contributed by atoms with van der Waals surface area (Å²) in [4.78, 5) is 10.7. The van der Waals surface area contributed by atoms with Gasteiger partial charge in [0, 0.05) is 12.5 Å². The van der Waals surface area contributed by atoms with Crippen LogP contribution in [0.3, 0.4) is 0 Å². The van der Waals surface area contributed by atoms with Crippen molar-refractivity contribution in [2.75, 3.05) is 12.9 Å². The van der Waals surface area contributed by atoms with E-state index in [1.54, 1.807) is 0 Å². The van der Waals surface area contributed by atoms with Crippen LogP contribution in [0.5, 0.6) is 0 Å². The molecule has 1 rings (SSSR count). The van der Waals surface area contributed by atoms with Crippen LogP contribution < -0.4 is 4.72 Å². The number of carbonyl (C=O) groups excluding carboxylic acids is 1. The van der Waals surface area contributed by atoms with Crippen LogP contribution in [0.4, 0.5) is 0 Å². The Balaban J connectivity index is 2.20. The molecule has 6 heteroatoms. The molecule has 1 saturated carbocycles.